The van der Waals surface area contributed by atoms with Crippen LogP contribution in [0.15, 0.2) is 59.1 Å². The molecule has 0 spiro atoms. The number of hydrogen-bond donors (Lipinski definition) is 0. The zero-order chi connectivity index (χ0) is 20.4. The van der Waals surface area contributed by atoms with Crippen LogP contribution in [0.2, 0.25) is 0 Å². The number of carbonyl (C=O) groups excluding carboxylic acids is 3. The first-order chi connectivity index (χ1) is 14.0. The second-order valence-corrected chi connectivity index (χ2v) is 6.57. The Morgan fingerprint density at radius 3 is 2.66 bits per heavy atom. The van der Waals surface area contributed by atoms with Crippen molar-refractivity contribution < 1.29 is 23.6 Å². The first kappa shape index (κ1) is 18.5. The maximum Gasteiger partial charge on any atom is 0.326 e. The smallest absolute Gasteiger partial charge is 0.326 e. The van der Waals surface area contributed by atoms with Crippen LogP contribution >= 0.6 is 0 Å². The zero-order valence-corrected chi connectivity index (χ0v) is 15.6. The number of nitrogens with zero attached hydrogens (tertiary/aromatic N) is 3. The van der Waals surface area contributed by atoms with Crippen LogP contribution in [0.1, 0.15) is 34.8 Å². The van der Waals surface area contributed by atoms with Gasteiger partial charge in [-0.2, -0.15) is 4.98 Å². The number of rotatable bonds is 5. The molecule has 1 aromatic heterocycles. The molecule has 0 saturated carbocycles. The van der Waals surface area contributed by atoms with E-state index in [1.807, 2.05) is 30.3 Å². The van der Waals surface area contributed by atoms with Crippen LogP contribution in [0.3, 0.4) is 0 Å². The van der Waals surface area contributed by atoms with Crippen molar-refractivity contribution in [2.24, 2.45) is 0 Å². The van der Waals surface area contributed by atoms with E-state index in [0.29, 0.717) is 17.0 Å². The summed E-state index contributed by atoms with van der Waals surface area (Å²) in [7, 11) is 0. The van der Waals surface area contributed by atoms with Gasteiger partial charge in [0.15, 0.2) is 6.10 Å². The average molecular weight is 391 g/mol. The molecule has 29 heavy (non-hydrogen) atoms. The maximum atomic E-state index is 12.5. The quantitative estimate of drug-likeness (QED) is 0.486. The van der Waals surface area contributed by atoms with Crippen LogP contribution in [0.25, 0.3) is 11.4 Å². The Labute approximate surface area is 166 Å². The predicted molar refractivity (Wildman–Crippen MR) is 100 cm³/mol. The highest BCUT2D eigenvalue weighted by Gasteiger charge is 2.33. The summed E-state index contributed by atoms with van der Waals surface area (Å²) in [4.78, 5) is 42.3. The fraction of sp³-hybridized carbons (Fsp3) is 0.190. The summed E-state index contributed by atoms with van der Waals surface area (Å²) in [6.45, 7) is 1.10. The van der Waals surface area contributed by atoms with Crippen molar-refractivity contribution in [3.05, 3.63) is 71.6 Å². The molecule has 0 unspecified atom stereocenters. The molecule has 0 N–H and O–H groups in total. The van der Waals surface area contributed by atoms with Gasteiger partial charge in [0.25, 0.3) is 11.8 Å². The number of hydrogen-bond acceptors (Lipinski definition) is 7. The summed E-state index contributed by atoms with van der Waals surface area (Å²) in [5.41, 5.74) is 1.83. The molecule has 8 nitrogen and oxygen atoms in total. The largest absolute Gasteiger partial charge is 0.451 e. The molecule has 0 radical (unpaired) electrons. The molecule has 146 valence electrons. The fourth-order valence-electron chi connectivity index (χ4n) is 3.08. The van der Waals surface area contributed by atoms with Gasteiger partial charge in [-0.15, -0.1) is 0 Å². The second kappa shape index (κ2) is 7.67. The van der Waals surface area contributed by atoms with Gasteiger partial charge in [0, 0.05) is 11.1 Å². The minimum absolute atomic E-state index is 0.0643. The van der Waals surface area contributed by atoms with Crippen molar-refractivity contribution in [2.45, 2.75) is 19.4 Å². The summed E-state index contributed by atoms with van der Waals surface area (Å²) in [6, 6.07) is 16.1. The van der Waals surface area contributed by atoms with Gasteiger partial charge in [-0.25, -0.2) is 0 Å². The molecule has 2 aromatic carbocycles. The highest BCUT2D eigenvalue weighted by atomic mass is 16.6. The molecule has 2 amide bonds. The van der Waals surface area contributed by atoms with E-state index < -0.39 is 30.4 Å². The molecule has 1 aliphatic rings. The number of amides is 2. The van der Waals surface area contributed by atoms with Gasteiger partial charge in [0.2, 0.25) is 11.7 Å². The van der Waals surface area contributed by atoms with Gasteiger partial charge >= 0.3 is 5.97 Å². The lowest BCUT2D eigenvalue weighted by Gasteiger charge is -2.26. The van der Waals surface area contributed by atoms with Crippen molar-refractivity contribution in [1.29, 1.82) is 0 Å². The van der Waals surface area contributed by atoms with Crippen LogP contribution in [0.4, 0.5) is 0 Å². The lowest BCUT2D eigenvalue weighted by Crippen LogP contribution is -2.45. The van der Waals surface area contributed by atoms with Gasteiger partial charge in [0.05, 0.1) is 6.42 Å². The number of aromatic nitrogens is 2. The fourth-order valence-corrected chi connectivity index (χ4v) is 3.08. The van der Waals surface area contributed by atoms with E-state index in [1.165, 1.54) is 0 Å². The number of fused-ring (bicyclic) bond motifs is 1. The van der Waals surface area contributed by atoms with E-state index in [1.54, 1.807) is 31.2 Å². The third-order valence-electron chi connectivity index (χ3n) is 4.55. The highest BCUT2D eigenvalue weighted by molar-refractivity contribution is 6.11. The molecular formula is C21H17N3O5. The first-order valence-electron chi connectivity index (χ1n) is 9.04. The van der Waals surface area contributed by atoms with E-state index in [-0.39, 0.29) is 12.3 Å². The minimum atomic E-state index is -0.824. The van der Waals surface area contributed by atoms with Crippen LogP contribution in [-0.4, -0.2) is 39.4 Å². The van der Waals surface area contributed by atoms with Crippen LogP contribution < -0.4 is 0 Å². The van der Waals surface area contributed by atoms with Gasteiger partial charge in [-0.05, 0) is 18.6 Å². The topological polar surface area (TPSA) is 103 Å². The van der Waals surface area contributed by atoms with E-state index in [2.05, 4.69) is 10.1 Å². The standard InChI is InChI=1S/C21H17N3O5/c1-13(20-22-19(23-29-20)14-7-3-2-4-8-14)28-18(26)12-24-17(25)11-15-9-5-6-10-16(15)21(24)27/h2-10,13H,11-12H2,1H3/t13-/m1/s1. The summed E-state index contributed by atoms with van der Waals surface area (Å²) in [5.74, 6) is -1.19. The maximum absolute atomic E-state index is 12.5. The van der Waals surface area contributed by atoms with Crippen molar-refractivity contribution in [3.8, 4) is 11.4 Å². The van der Waals surface area contributed by atoms with E-state index >= 15 is 0 Å². The third-order valence-corrected chi connectivity index (χ3v) is 4.55. The lowest BCUT2D eigenvalue weighted by atomic mass is 9.98. The normalized spacial score (nSPS) is 14.4. The molecule has 0 saturated heterocycles. The number of ether oxygens (including phenoxy) is 1. The molecule has 0 fully saturated rings. The molecule has 0 bridgehead atoms. The minimum Gasteiger partial charge on any atom is -0.451 e. The Balaban J connectivity index is 1.42. The average Bonchev–Trinajstić information content (AvgIpc) is 3.22. The Bertz CT molecular complexity index is 1080. The van der Waals surface area contributed by atoms with Gasteiger partial charge < -0.3 is 9.26 Å². The summed E-state index contributed by atoms with van der Waals surface area (Å²) in [5, 5.41) is 3.88. The molecule has 4 rings (SSSR count). The third kappa shape index (κ3) is 3.77. The second-order valence-electron chi connectivity index (χ2n) is 6.57. The molecule has 1 aliphatic heterocycles. The number of benzene rings is 2. The van der Waals surface area contributed by atoms with Crippen LogP contribution in [0.5, 0.6) is 0 Å². The van der Waals surface area contributed by atoms with Gasteiger partial charge in [-0.1, -0.05) is 53.7 Å². The summed E-state index contributed by atoms with van der Waals surface area (Å²) < 4.78 is 10.5. The Morgan fingerprint density at radius 2 is 1.86 bits per heavy atom. The Hall–Kier alpha value is -3.81. The SMILES string of the molecule is C[C@@H](OC(=O)CN1C(=O)Cc2ccccc2C1=O)c1nc(-c2ccccc2)no1. The Kier molecular flexibility index (Phi) is 4.90. The molecule has 1 atom stereocenters. The van der Waals surface area contributed by atoms with Gasteiger partial charge in [-0.3, -0.25) is 19.3 Å². The summed E-state index contributed by atoms with van der Waals surface area (Å²) >= 11 is 0. The number of carbonyl (C=O) groups is 3. The van der Waals surface area contributed by atoms with Crippen molar-refractivity contribution in [1.82, 2.24) is 15.0 Å². The van der Waals surface area contributed by atoms with Crippen LogP contribution in [-0.2, 0) is 20.7 Å². The van der Waals surface area contributed by atoms with Crippen molar-refractivity contribution in [3.63, 3.8) is 0 Å². The number of imide groups is 1. The van der Waals surface area contributed by atoms with E-state index in [0.717, 1.165) is 10.5 Å². The molecule has 3 aromatic rings. The first-order valence-corrected chi connectivity index (χ1v) is 9.04. The molecule has 8 heteroatoms. The van der Waals surface area contributed by atoms with Crippen molar-refractivity contribution in [2.75, 3.05) is 6.54 Å². The number of esters is 1. The lowest BCUT2D eigenvalue weighted by molar-refractivity contribution is -0.153. The van der Waals surface area contributed by atoms with E-state index in [9.17, 15) is 14.4 Å². The van der Waals surface area contributed by atoms with E-state index in [4.69, 9.17) is 9.26 Å². The molecular weight excluding hydrogens is 374 g/mol. The summed E-state index contributed by atoms with van der Waals surface area (Å²) in [6.07, 6.45) is -0.760. The monoisotopic (exact) mass is 391 g/mol. The van der Waals surface area contributed by atoms with Crippen LogP contribution in [0, 0.1) is 0 Å². The van der Waals surface area contributed by atoms with Crippen molar-refractivity contribution >= 4 is 17.8 Å². The van der Waals surface area contributed by atoms with Gasteiger partial charge in [0.1, 0.15) is 6.54 Å². The molecule has 2 heterocycles. The molecule has 0 aliphatic carbocycles. The highest BCUT2D eigenvalue weighted by Crippen LogP contribution is 2.22. The predicted octanol–water partition coefficient (Wildman–Crippen LogP) is 2.57. The Morgan fingerprint density at radius 1 is 1.14 bits per heavy atom. The zero-order valence-electron chi connectivity index (χ0n) is 15.6.